The van der Waals surface area contributed by atoms with Crippen LogP contribution in [0.15, 0.2) is 97.1 Å². The lowest BCUT2D eigenvalue weighted by molar-refractivity contribution is -0.136. The molecule has 1 atom stereocenters. The summed E-state index contributed by atoms with van der Waals surface area (Å²) in [5.74, 6) is -0.813. The summed E-state index contributed by atoms with van der Waals surface area (Å²) in [7, 11) is 0. The number of ether oxygens (including phenoxy) is 1. The highest BCUT2D eigenvalue weighted by atomic mass is 16.5. The molecule has 3 aliphatic rings. The molecule has 3 aliphatic heterocycles. The van der Waals surface area contributed by atoms with Gasteiger partial charge < -0.3 is 14.7 Å². The van der Waals surface area contributed by atoms with Gasteiger partial charge in [0.2, 0.25) is 11.8 Å². The number of carbonyl (C=O) groups excluding carboxylic acids is 4. The average Bonchev–Trinajstić information content (AvgIpc) is 3.47. The van der Waals surface area contributed by atoms with E-state index in [0.717, 1.165) is 91.4 Å². The van der Waals surface area contributed by atoms with E-state index in [9.17, 15) is 24.3 Å². The second kappa shape index (κ2) is 17.8. The number of nitrogens with zero attached hydrogens (tertiary/aromatic N) is 3. The third-order valence-corrected chi connectivity index (χ3v) is 11.1. The zero-order valence-corrected chi connectivity index (χ0v) is 32.0. The van der Waals surface area contributed by atoms with Crippen molar-refractivity contribution in [2.75, 3.05) is 44.2 Å². The lowest BCUT2D eigenvalue weighted by Crippen LogP contribution is -2.54. The van der Waals surface area contributed by atoms with Gasteiger partial charge in [0.25, 0.3) is 11.8 Å². The number of aromatic hydroxyl groups is 1. The first-order valence-corrected chi connectivity index (χ1v) is 19.9. The Labute approximate surface area is 328 Å². The van der Waals surface area contributed by atoms with Gasteiger partial charge in [-0.1, -0.05) is 80.8 Å². The molecule has 4 amide bonds. The summed E-state index contributed by atoms with van der Waals surface area (Å²) in [5, 5.41) is 12.2. The monoisotopic (exact) mass is 754 g/mol. The number of allylic oxidation sites excluding steroid dienone is 1. The number of phenols is 1. The first-order valence-electron chi connectivity index (χ1n) is 19.9. The van der Waals surface area contributed by atoms with Crippen molar-refractivity contribution in [3.05, 3.63) is 125 Å². The zero-order chi connectivity index (χ0) is 39.0. The van der Waals surface area contributed by atoms with E-state index >= 15 is 0 Å². The SMILES string of the molecule is CC/C(=C(\c1ccc(O)cc1)c1ccc(OCCCCCCCN2CCN(c3ccc4c(c3)C(=O)N(C3CCC(=O)NC3=O)C4=O)CC2)cc1)c1ccccc1. The first-order chi connectivity index (χ1) is 27.3. The number of rotatable bonds is 15. The fraction of sp³-hybridized carbons (Fsp3) is 0.348. The van der Waals surface area contributed by atoms with Crippen LogP contribution < -0.4 is 15.0 Å². The van der Waals surface area contributed by atoms with E-state index in [-0.39, 0.29) is 24.5 Å². The van der Waals surface area contributed by atoms with Crippen molar-refractivity contribution in [3.63, 3.8) is 0 Å². The second-order valence-corrected chi connectivity index (χ2v) is 14.8. The molecule has 290 valence electrons. The average molecular weight is 755 g/mol. The van der Waals surface area contributed by atoms with Gasteiger partial charge in [0.05, 0.1) is 17.7 Å². The minimum absolute atomic E-state index is 0.102. The summed E-state index contributed by atoms with van der Waals surface area (Å²) in [6.45, 7) is 7.44. The quantitative estimate of drug-likeness (QED) is 0.0737. The highest BCUT2D eigenvalue weighted by Crippen LogP contribution is 2.36. The summed E-state index contributed by atoms with van der Waals surface area (Å²) in [4.78, 5) is 56.1. The van der Waals surface area contributed by atoms with Gasteiger partial charge in [0.1, 0.15) is 17.5 Å². The largest absolute Gasteiger partial charge is 0.508 e. The van der Waals surface area contributed by atoms with Gasteiger partial charge in [-0.25, -0.2) is 0 Å². The Morgan fingerprint density at radius 2 is 1.39 bits per heavy atom. The standard InChI is InChI=1S/C46H50N4O6/c1-2-38(32-11-7-6-8-12-32)43(33-13-18-36(51)19-14-33)34-15-20-37(21-16-34)56-30-10-5-3-4-9-25-48-26-28-49(29-27-48)35-17-22-39-40(31-35)46(55)50(45(39)54)41-23-24-42(52)47-44(41)53/h6-8,11-22,31,41,51H,2-5,9-10,23-30H2,1H3,(H,47,52,53)/b43-38-. The van der Waals surface area contributed by atoms with Crippen molar-refractivity contribution >= 4 is 40.5 Å². The molecule has 2 saturated heterocycles. The van der Waals surface area contributed by atoms with Gasteiger partial charge >= 0.3 is 0 Å². The van der Waals surface area contributed by atoms with E-state index in [4.69, 9.17) is 4.74 Å². The third kappa shape index (κ3) is 8.71. The molecule has 0 spiro atoms. The molecule has 10 nitrogen and oxygen atoms in total. The molecule has 2 N–H and O–H groups in total. The molecule has 1 unspecified atom stereocenters. The van der Waals surface area contributed by atoms with Crippen molar-refractivity contribution in [3.8, 4) is 11.5 Å². The third-order valence-electron chi connectivity index (χ3n) is 11.1. The van der Waals surface area contributed by atoms with Gasteiger partial charge in [0, 0.05) is 38.3 Å². The fourth-order valence-electron chi connectivity index (χ4n) is 8.07. The Balaban J connectivity index is 0.817. The molecule has 4 aromatic carbocycles. The van der Waals surface area contributed by atoms with E-state index in [2.05, 4.69) is 70.6 Å². The molecule has 0 aliphatic carbocycles. The zero-order valence-electron chi connectivity index (χ0n) is 32.0. The van der Waals surface area contributed by atoms with Crippen LogP contribution in [0.4, 0.5) is 5.69 Å². The van der Waals surface area contributed by atoms with Gasteiger partial charge in [-0.2, -0.15) is 0 Å². The number of benzene rings is 4. The predicted octanol–water partition coefficient (Wildman–Crippen LogP) is 7.31. The highest BCUT2D eigenvalue weighted by molar-refractivity contribution is 6.23. The van der Waals surface area contributed by atoms with Gasteiger partial charge in [-0.3, -0.25) is 34.3 Å². The minimum atomic E-state index is -0.958. The maximum Gasteiger partial charge on any atom is 0.262 e. The number of unbranched alkanes of at least 4 members (excludes halogenated alkanes) is 4. The normalized spacial score (nSPS) is 17.8. The molecule has 0 bridgehead atoms. The summed E-state index contributed by atoms with van der Waals surface area (Å²) in [6, 6.07) is 30.6. The van der Waals surface area contributed by atoms with Crippen LogP contribution in [0.25, 0.3) is 11.1 Å². The van der Waals surface area contributed by atoms with E-state index in [0.29, 0.717) is 17.7 Å². The summed E-state index contributed by atoms with van der Waals surface area (Å²) in [5.41, 5.74) is 7.31. The Kier molecular flexibility index (Phi) is 12.3. The minimum Gasteiger partial charge on any atom is -0.508 e. The number of nitrogens with one attached hydrogen (secondary N) is 1. The van der Waals surface area contributed by atoms with Crippen LogP contribution in [0.2, 0.25) is 0 Å². The van der Waals surface area contributed by atoms with Crippen molar-refractivity contribution in [2.45, 2.75) is 64.3 Å². The molecule has 4 aromatic rings. The Morgan fingerprint density at radius 1 is 0.732 bits per heavy atom. The van der Waals surface area contributed by atoms with Crippen molar-refractivity contribution < 1.29 is 29.0 Å². The number of fused-ring (bicyclic) bond motifs is 1. The van der Waals surface area contributed by atoms with Crippen molar-refractivity contribution in [1.82, 2.24) is 15.1 Å². The van der Waals surface area contributed by atoms with Crippen LogP contribution in [0.1, 0.15) is 95.7 Å². The highest BCUT2D eigenvalue weighted by Gasteiger charge is 2.44. The molecule has 7 rings (SSSR count). The van der Waals surface area contributed by atoms with Gasteiger partial charge in [-0.05, 0) is 103 Å². The fourth-order valence-corrected chi connectivity index (χ4v) is 8.07. The summed E-state index contributed by atoms with van der Waals surface area (Å²) >= 11 is 0. The molecule has 10 heteroatoms. The molecule has 0 aromatic heterocycles. The van der Waals surface area contributed by atoms with Crippen LogP contribution in [-0.4, -0.2) is 83.9 Å². The molecular formula is C46H50N4O6. The maximum absolute atomic E-state index is 13.3. The maximum atomic E-state index is 13.3. The number of hydrogen-bond acceptors (Lipinski definition) is 8. The number of anilines is 1. The number of carbonyl (C=O) groups is 4. The van der Waals surface area contributed by atoms with E-state index < -0.39 is 23.8 Å². The van der Waals surface area contributed by atoms with Gasteiger partial charge in [0.15, 0.2) is 0 Å². The number of imide groups is 2. The van der Waals surface area contributed by atoms with Crippen LogP contribution >= 0.6 is 0 Å². The predicted molar refractivity (Wildman–Crippen MR) is 218 cm³/mol. The molecule has 3 heterocycles. The summed E-state index contributed by atoms with van der Waals surface area (Å²) in [6.07, 6.45) is 6.74. The topological polar surface area (TPSA) is 119 Å². The van der Waals surface area contributed by atoms with Crippen LogP contribution in [-0.2, 0) is 9.59 Å². The molecule has 2 fully saturated rings. The Hall–Kier alpha value is -5.74. The number of piperazine rings is 1. The molecule has 0 saturated carbocycles. The number of hydrogen-bond donors (Lipinski definition) is 2. The van der Waals surface area contributed by atoms with Crippen molar-refractivity contribution in [1.29, 1.82) is 0 Å². The van der Waals surface area contributed by atoms with Crippen LogP contribution in [0, 0.1) is 0 Å². The van der Waals surface area contributed by atoms with Crippen LogP contribution in [0.5, 0.6) is 11.5 Å². The molecular weight excluding hydrogens is 705 g/mol. The first kappa shape index (κ1) is 38.5. The number of phenolic OH excluding ortho intramolecular Hbond substituents is 1. The van der Waals surface area contributed by atoms with E-state index in [1.807, 2.05) is 24.3 Å². The lowest BCUT2D eigenvalue weighted by Gasteiger charge is -2.36. The van der Waals surface area contributed by atoms with Crippen molar-refractivity contribution in [2.24, 2.45) is 0 Å². The Morgan fingerprint density at radius 3 is 2.09 bits per heavy atom. The number of piperidine rings is 1. The van der Waals surface area contributed by atoms with Gasteiger partial charge in [-0.15, -0.1) is 0 Å². The van der Waals surface area contributed by atoms with Crippen LogP contribution in [0.3, 0.4) is 0 Å². The second-order valence-electron chi connectivity index (χ2n) is 14.8. The van der Waals surface area contributed by atoms with E-state index in [1.165, 1.54) is 24.0 Å². The Bertz CT molecular complexity index is 2070. The smallest absolute Gasteiger partial charge is 0.262 e. The lowest BCUT2D eigenvalue weighted by atomic mass is 9.88. The number of amides is 4. The summed E-state index contributed by atoms with van der Waals surface area (Å²) < 4.78 is 6.13. The molecule has 0 radical (unpaired) electrons. The molecule has 56 heavy (non-hydrogen) atoms. The van der Waals surface area contributed by atoms with E-state index in [1.54, 1.807) is 24.3 Å².